The molecular formula is C36H30N2O2. The van der Waals surface area contributed by atoms with E-state index in [-0.39, 0.29) is 11.6 Å². The third kappa shape index (κ3) is 6.80. The van der Waals surface area contributed by atoms with E-state index in [1.807, 2.05) is 72.8 Å². The Labute approximate surface area is 234 Å². The van der Waals surface area contributed by atoms with Crippen molar-refractivity contribution >= 4 is 29.0 Å². The number of carbonyl (C=O) groups excluding carboxylic acids is 2. The molecule has 0 atom stereocenters. The predicted octanol–water partition coefficient (Wildman–Crippen LogP) is 7.43. The van der Waals surface area contributed by atoms with E-state index in [2.05, 4.69) is 36.4 Å². The zero-order valence-corrected chi connectivity index (χ0v) is 22.1. The van der Waals surface area contributed by atoms with Gasteiger partial charge in [0.05, 0.1) is 0 Å². The van der Waals surface area contributed by atoms with Crippen molar-refractivity contribution in [2.24, 2.45) is 0 Å². The first-order valence-electron chi connectivity index (χ1n) is 13.2. The number of hydrogen-bond acceptors (Lipinski definition) is 4. The smallest absolute Gasteiger partial charge is 0.185 e. The van der Waals surface area contributed by atoms with E-state index < -0.39 is 0 Å². The zero-order chi connectivity index (χ0) is 27.9. The highest BCUT2D eigenvalue weighted by atomic mass is 16.1. The molecule has 0 radical (unpaired) electrons. The SMILES string of the molecule is Nc1cc(N)cc(C(=O)Cc2ccc(-c3ccc(Cc4ccc(/C=C/C(=O)c5ccccc5)cc4)cc3)cc2)c1. The van der Waals surface area contributed by atoms with Gasteiger partial charge >= 0.3 is 0 Å². The van der Waals surface area contributed by atoms with E-state index in [9.17, 15) is 9.59 Å². The normalized spacial score (nSPS) is 11.0. The fourth-order valence-electron chi connectivity index (χ4n) is 4.61. The Kier molecular flexibility index (Phi) is 7.98. The van der Waals surface area contributed by atoms with E-state index in [1.165, 1.54) is 11.1 Å². The zero-order valence-electron chi connectivity index (χ0n) is 22.1. The molecule has 196 valence electrons. The van der Waals surface area contributed by atoms with Crippen LogP contribution in [0.2, 0.25) is 0 Å². The van der Waals surface area contributed by atoms with Crippen LogP contribution in [0.3, 0.4) is 0 Å². The van der Waals surface area contributed by atoms with Crippen molar-refractivity contribution < 1.29 is 9.59 Å². The second-order valence-corrected chi connectivity index (χ2v) is 9.86. The summed E-state index contributed by atoms with van der Waals surface area (Å²) in [4.78, 5) is 24.9. The van der Waals surface area contributed by atoms with Gasteiger partial charge < -0.3 is 11.5 Å². The van der Waals surface area contributed by atoms with Crippen molar-refractivity contribution in [1.29, 1.82) is 0 Å². The molecule has 0 fully saturated rings. The van der Waals surface area contributed by atoms with E-state index in [4.69, 9.17) is 11.5 Å². The summed E-state index contributed by atoms with van der Waals surface area (Å²) < 4.78 is 0. The van der Waals surface area contributed by atoms with Crippen LogP contribution in [0.1, 0.15) is 43.0 Å². The molecule has 40 heavy (non-hydrogen) atoms. The molecule has 4 nitrogen and oxygen atoms in total. The molecule has 4 heteroatoms. The van der Waals surface area contributed by atoms with Crippen molar-refractivity contribution in [3.05, 3.63) is 161 Å². The lowest BCUT2D eigenvalue weighted by Crippen LogP contribution is -2.05. The van der Waals surface area contributed by atoms with E-state index in [0.717, 1.165) is 28.7 Å². The number of carbonyl (C=O) groups is 2. The van der Waals surface area contributed by atoms with Crippen LogP contribution in [0, 0.1) is 0 Å². The van der Waals surface area contributed by atoms with E-state index in [1.54, 1.807) is 24.3 Å². The Balaban J connectivity index is 1.17. The molecule has 5 aromatic rings. The molecule has 0 aliphatic carbocycles. The van der Waals surface area contributed by atoms with Crippen LogP contribution >= 0.6 is 0 Å². The third-order valence-corrected chi connectivity index (χ3v) is 6.78. The molecule has 5 rings (SSSR count). The van der Waals surface area contributed by atoms with Crippen molar-refractivity contribution in [3.63, 3.8) is 0 Å². The minimum absolute atomic E-state index is 0.00343. The number of nitrogens with two attached hydrogens (primary N) is 2. The first-order valence-corrected chi connectivity index (χ1v) is 13.2. The minimum Gasteiger partial charge on any atom is -0.399 e. The lowest BCUT2D eigenvalue weighted by atomic mass is 9.97. The molecule has 0 aromatic heterocycles. The largest absolute Gasteiger partial charge is 0.399 e. The number of nitrogen functional groups attached to an aromatic ring is 2. The second kappa shape index (κ2) is 12.1. The second-order valence-electron chi connectivity index (χ2n) is 9.86. The van der Waals surface area contributed by atoms with Crippen molar-refractivity contribution in [2.75, 3.05) is 11.5 Å². The predicted molar refractivity (Wildman–Crippen MR) is 164 cm³/mol. The van der Waals surface area contributed by atoms with Gasteiger partial charge in [0.25, 0.3) is 0 Å². The minimum atomic E-state index is -0.0131. The molecule has 0 spiro atoms. The van der Waals surface area contributed by atoms with Gasteiger partial charge in [-0.05, 0) is 64.1 Å². The molecule has 0 heterocycles. The topological polar surface area (TPSA) is 86.2 Å². The summed E-state index contributed by atoms with van der Waals surface area (Å²) in [6.07, 6.45) is 4.58. The number of Topliss-reactive ketones (excluding diaryl/α,β-unsaturated/α-hetero) is 1. The fraction of sp³-hybridized carbons (Fsp3) is 0.0556. The van der Waals surface area contributed by atoms with Gasteiger partial charge in [-0.25, -0.2) is 0 Å². The third-order valence-electron chi connectivity index (χ3n) is 6.78. The van der Waals surface area contributed by atoms with Crippen LogP contribution in [0.4, 0.5) is 11.4 Å². The lowest BCUT2D eigenvalue weighted by molar-refractivity contribution is 0.0992. The Morgan fingerprint density at radius 3 is 1.68 bits per heavy atom. The van der Waals surface area contributed by atoms with Crippen LogP contribution in [0.15, 0.2) is 127 Å². The quantitative estimate of drug-likeness (QED) is 0.120. The molecule has 0 amide bonds. The summed E-state index contributed by atoms with van der Waals surface area (Å²) in [5, 5.41) is 0. The van der Waals surface area contributed by atoms with Crippen molar-refractivity contribution in [1.82, 2.24) is 0 Å². The number of ketones is 2. The van der Waals surface area contributed by atoms with Gasteiger partial charge in [0, 0.05) is 28.9 Å². The lowest BCUT2D eigenvalue weighted by Gasteiger charge is -2.08. The maximum atomic E-state index is 12.7. The molecule has 0 aliphatic heterocycles. The van der Waals surface area contributed by atoms with Crippen molar-refractivity contribution in [2.45, 2.75) is 12.8 Å². The maximum absolute atomic E-state index is 12.7. The molecule has 5 aromatic carbocycles. The highest BCUT2D eigenvalue weighted by Gasteiger charge is 2.09. The van der Waals surface area contributed by atoms with Crippen LogP contribution in [-0.4, -0.2) is 11.6 Å². The highest BCUT2D eigenvalue weighted by Crippen LogP contribution is 2.23. The molecule has 0 aliphatic rings. The first-order chi connectivity index (χ1) is 19.4. The molecule has 0 saturated carbocycles. The maximum Gasteiger partial charge on any atom is 0.185 e. The van der Waals surface area contributed by atoms with Gasteiger partial charge in [0.2, 0.25) is 0 Å². The Morgan fingerprint density at radius 1 is 0.575 bits per heavy atom. The molecule has 4 N–H and O–H groups in total. The van der Waals surface area contributed by atoms with Crippen LogP contribution in [0.5, 0.6) is 0 Å². The van der Waals surface area contributed by atoms with Gasteiger partial charge in [-0.15, -0.1) is 0 Å². The Morgan fingerprint density at radius 2 is 1.10 bits per heavy atom. The highest BCUT2D eigenvalue weighted by molar-refractivity contribution is 6.06. The Hall–Kier alpha value is -5.22. The van der Waals surface area contributed by atoms with E-state index >= 15 is 0 Å². The van der Waals surface area contributed by atoms with Gasteiger partial charge in [0.15, 0.2) is 11.6 Å². The average molecular weight is 523 g/mol. The molecule has 0 bridgehead atoms. The number of hydrogen-bond donors (Lipinski definition) is 2. The summed E-state index contributed by atoms with van der Waals surface area (Å²) in [6.45, 7) is 0. The standard InChI is InChI=1S/C36H30N2O2/c37-33-22-32(23-34(38)24-33)36(40)21-28-12-17-30(18-13-28)29-15-10-27(11-16-29)20-26-8-6-25(7-9-26)14-19-35(39)31-4-2-1-3-5-31/h1-19,22-24H,20-21,37-38H2/b19-14+. The molecule has 0 saturated heterocycles. The van der Waals surface area contributed by atoms with Gasteiger partial charge in [0.1, 0.15) is 0 Å². The number of allylic oxidation sites excluding steroid dienone is 1. The van der Waals surface area contributed by atoms with Gasteiger partial charge in [-0.2, -0.15) is 0 Å². The van der Waals surface area contributed by atoms with Gasteiger partial charge in [-0.3, -0.25) is 9.59 Å². The average Bonchev–Trinajstić information content (AvgIpc) is 2.97. The number of anilines is 2. The molecule has 0 unspecified atom stereocenters. The monoisotopic (exact) mass is 522 g/mol. The van der Waals surface area contributed by atoms with Gasteiger partial charge in [-0.1, -0.05) is 109 Å². The summed E-state index contributed by atoms with van der Waals surface area (Å²) >= 11 is 0. The summed E-state index contributed by atoms with van der Waals surface area (Å²) in [5.41, 5.74) is 20.4. The first kappa shape index (κ1) is 26.4. The van der Waals surface area contributed by atoms with Crippen molar-refractivity contribution in [3.8, 4) is 11.1 Å². The van der Waals surface area contributed by atoms with Crippen LogP contribution in [0.25, 0.3) is 17.2 Å². The summed E-state index contributed by atoms with van der Waals surface area (Å²) in [6, 6.07) is 39.1. The molecular weight excluding hydrogens is 492 g/mol. The van der Waals surface area contributed by atoms with Crippen LogP contribution < -0.4 is 11.5 Å². The summed E-state index contributed by atoms with van der Waals surface area (Å²) in [7, 11) is 0. The van der Waals surface area contributed by atoms with Crippen LogP contribution in [-0.2, 0) is 12.8 Å². The number of benzene rings is 5. The van der Waals surface area contributed by atoms with E-state index in [0.29, 0.717) is 28.9 Å². The summed E-state index contributed by atoms with van der Waals surface area (Å²) in [5.74, 6) is -0.0165. The number of rotatable bonds is 9. The Bertz CT molecular complexity index is 1630. The fourth-order valence-corrected chi connectivity index (χ4v) is 4.61.